The van der Waals surface area contributed by atoms with Crippen LogP contribution in [0.5, 0.6) is 0 Å². The van der Waals surface area contributed by atoms with Crippen molar-refractivity contribution in [1.82, 2.24) is 0 Å². The van der Waals surface area contributed by atoms with Crippen molar-refractivity contribution >= 4 is 17.6 Å². The monoisotopic (exact) mass is 389 g/mol. The second kappa shape index (κ2) is 5.78. The van der Waals surface area contributed by atoms with Crippen LogP contribution in [0.1, 0.15) is 37.8 Å². The molecular formula is C21H27NO6. The maximum Gasteiger partial charge on any atom is 0.322 e. The number of methoxy groups -OCH3 is 1. The lowest BCUT2D eigenvalue weighted by Gasteiger charge is -2.42. The van der Waals surface area contributed by atoms with Gasteiger partial charge in [-0.1, -0.05) is 13.0 Å². The molecule has 7 heteroatoms. The standard InChI is InChI=1S/C21H27NO6/c1-6-20-10-14(23)19(4,28-20)21(18(25)26)15(20)16(27-5)22(17(21)24)13-8-7-11(2)12(3)9-13/h7-9,14-16,23H,6,10H2,1-5H3,(H,25,26)/t14-,15+,16+,19-,20+,21-/m1/s1. The molecule has 152 valence electrons. The Morgan fingerprint density at radius 2 is 2.04 bits per heavy atom. The van der Waals surface area contributed by atoms with Crippen LogP contribution in [0.4, 0.5) is 5.69 Å². The normalized spacial score (nSPS) is 41.6. The zero-order valence-electron chi connectivity index (χ0n) is 16.9. The third-order valence-electron chi connectivity index (χ3n) is 7.45. The summed E-state index contributed by atoms with van der Waals surface area (Å²) in [6, 6.07) is 5.59. The summed E-state index contributed by atoms with van der Waals surface area (Å²) < 4.78 is 12.0. The average molecular weight is 389 g/mol. The van der Waals surface area contributed by atoms with E-state index in [1.54, 1.807) is 6.92 Å². The minimum atomic E-state index is -1.90. The van der Waals surface area contributed by atoms with Crippen molar-refractivity contribution in [3.05, 3.63) is 29.3 Å². The number of carboxylic acid groups (broad SMARTS) is 1. The third kappa shape index (κ3) is 1.90. The Balaban J connectivity index is 1.97. The number of hydrogen-bond acceptors (Lipinski definition) is 5. The average Bonchev–Trinajstić information content (AvgIpc) is 3.17. The fourth-order valence-corrected chi connectivity index (χ4v) is 5.82. The molecule has 3 aliphatic rings. The van der Waals surface area contributed by atoms with Gasteiger partial charge in [-0.15, -0.1) is 0 Å². The number of carbonyl (C=O) groups is 2. The number of benzene rings is 1. The molecule has 0 aliphatic carbocycles. The summed E-state index contributed by atoms with van der Waals surface area (Å²) in [6.07, 6.45) is -1.07. The summed E-state index contributed by atoms with van der Waals surface area (Å²) in [7, 11) is 1.48. The van der Waals surface area contributed by atoms with Crippen molar-refractivity contribution in [2.45, 2.75) is 64.1 Å². The number of aliphatic carboxylic acids is 1. The van der Waals surface area contributed by atoms with Crippen LogP contribution < -0.4 is 4.90 Å². The van der Waals surface area contributed by atoms with Crippen molar-refractivity contribution in [2.75, 3.05) is 12.0 Å². The van der Waals surface area contributed by atoms with Gasteiger partial charge in [0.2, 0.25) is 5.91 Å². The molecule has 0 unspecified atom stereocenters. The summed E-state index contributed by atoms with van der Waals surface area (Å²) in [6.45, 7) is 7.37. The predicted octanol–water partition coefficient (Wildman–Crippen LogP) is 2.01. The molecule has 3 saturated heterocycles. The molecule has 2 N–H and O–H groups in total. The SMILES string of the molecule is CC[C@@]12C[C@@H](O)[C@@](C)(O1)[C@@]1(C(=O)O)C(=O)N(c3ccc(C)c(C)c3)[C@@H](OC)[C@@H]21. The fraction of sp³-hybridized carbons (Fsp3) is 0.619. The van der Waals surface area contributed by atoms with E-state index in [9.17, 15) is 19.8 Å². The number of hydrogen-bond donors (Lipinski definition) is 2. The van der Waals surface area contributed by atoms with Crippen LogP contribution in [0.2, 0.25) is 0 Å². The molecule has 28 heavy (non-hydrogen) atoms. The molecule has 3 aliphatic heterocycles. The largest absolute Gasteiger partial charge is 0.480 e. The number of aliphatic hydroxyl groups is 1. The van der Waals surface area contributed by atoms with E-state index in [0.29, 0.717) is 12.1 Å². The first-order valence-electron chi connectivity index (χ1n) is 9.66. The minimum absolute atomic E-state index is 0.285. The van der Waals surface area contributed by atoms with E-state index in [-0.39, 0.29) is 6.42 Å². The molecule has 7 nitrogen and oxygen atoms in total. The fourth-order valence-electron chi connectivity index (χ4n) is 5.82. The second-order valence-electron chi connectivity index (χ2n) is 8.51. The summed E-state index contributed by atoms with van der Waals surface area (Å²) in [5, 5.41) is 21.1. The highest BCUT2D eigenvalue weighted by Gasteiger charge is 2.87. The zero-order valence-corrected chi connectivity index (χ0v) is 16.9. The van der Waals surface area contributed by atoms with Gasteiger partial charge in [0, 0.05) is 19.2 Å². The van der Waals surface area contributed by atoms with Crippen LogP contribution in [0.3, 0.4) is 0 Å². The number of amides is 1. The first kappa shape index (κ1) is 19.4. The molecule has 0 saturated carbocycles. The molecule has 1 aromatic carbocycles. The van der Waals surface area contributed by atoms with Gasteiger partial charge in [0.1, 0.15) is 11.8 Å². The zero-order chi connectivity index (χ0) is 20.6. The minimum Gasteiger partial charge on any atom is -0.480 e. The number of carbonyl (C=O) groups excluding carboxylic acids is 1. The van der Waals surface area contributed by atoms with E-state index in [1.807, 2.05) is 39.0 Å². The Bertz CT molecular complexity index is 870. The molecule has 0 radical (unpaired) electrons. The lowest BCUT2D eigenvalue weighted by Crippen LogP contribution is -2.63. The van der Waals surface area contributed by atoms with Crippen molar-refractivity contribution in [3.8, 4) is 0 Å². The summed E-state index contributed by atoms with van der Waals surface area (Å²) >= 11 is 0. The Kier molecular flexibility index (Phi) is 4.00. The van der Waals surface area contributed by atoms with E-state index >= 15 is 0 Å². The van der Waals surface area contributed by atoms with E-state index in [0.717, 1.165) is 11.1 Å². The van der Waals surface area contributed by atoms with Crippen LogP contribution in [0.25, 0.3) is 0 Å². The number of nitrogens with zero attached hydrogens (tertiary/aromatic N) is 1. The Morgan fingerprint density at radius 1 is 1.36 bits per heavy atom. The smallest absolute Gasteiger partial charge is 0.322 e. The molecule has 0 spiro atoms. The number of fused-ring (bicyclic) bond motifs is 5. The maximum absolute atomic E-state index is 13.8. The molecule has 1 aromatic rings. The molecule has 3 heterocycles. The van der Waals surface area contributed by atoms with Crippen LogP contribution in [-0.4, -0.2) is 52.7 Å². The third-order valence-corrected chi connectivity index (χ3v) is 7.45. The highest BCUT2D eigenvalue weighted by atomic mass is 16.6. The van der Waals surface area contributed by atoms with E-state index in [4.69, 9.17) is 9.47 Å². The number of carboxylic acids is 1. The van der Waals surface area contributed by atoms with Crippen LogP contribution in [-0.2, 0) is 19.1 Å². The summed E-state index contributed by atoms with van der Waals surface area (Å²) in [4.78, 5) is 27.9. The molecule has 3 fully saturated rings. The van der Waals surface area contributed by atoms with Crippen LogP contribution in [0, 0.1) is 25.2 Å². The van der Waals surface area contributed by atoms with Gasteiger partial charge < -0.3 is 19.7 Å². The number of anilines is 1. The summed E-state index contributed by atoms with van der Waals surface area (Å²) in [5.74, 6) is -2.58. The number of aryl methyl sites for hydroxylation is 2. The van der Waals surface area contributed by atoms with Crippen LogP contribution in [0.15, 0.2) is 18.2 Å². The van der Waals surface area contributed by atoms with Crippen molar-refractivity contribution in [1.29, 1.82) is 0 Å². The molecule has 2 bridgehead atoms. The van der Waals surface area contributed by atoms with Gasteiger partial charge in [0.15, 0.2) is 5.41 Å². The van der Waals surface area contributed by atoms with Gasteiger partial charge in [0.05, 0.1) is 17.6 Å². The number of ether oxygens (including phenoxy) is 2. The van der Waals surface area contributed by atoms with Gasteiger partial charge in [0.25, 0.3) is 0 Å². The van der Waals surface area contributed by atoms with Gasteiger partial charge >= 0.3 is 5.97 Å². The van der Waals surface area contributed by atoms with E-state index in [2.05, 4.69) is 0 Å². The van der Waals surface area contributed by atoms with Gasteiger partial charge in [-0.2, -0.15) is 0 Å². The number of aliphatic hydroxyl groups excluding tert-OH is 1. The van der Waals surface area contributed by atoms with Crippen molar-refractivity contribution in [2.24, 2.45) is 11.3 Å². The lowest BCUT2D eigenvalue weighted by atomic mass is 9.56. The van der Waals surface area contributed by atoms with Crippen molar-refractivity contribution < 1.29 is 29.3 Å². The first-order valence-corrected chi connectivity index (χ1v) is 9.66. The quantitative estimate of drug-likeness (QED) is 0.765. The number of rotatable bonds is 4. The first-order chi connectivity index (χ1) is 13.1. The van der Waals surface area contributed by atoms with Crippen LogP contribution >= 0.6 is 0 Å². The molecule has 1 amide bonds. The Hall–Kier alpha value is -1.96. The Labute approximate surface area is 164 Å². The van der Waals surface area contributed by atoms with E-state index in [1.165, 1.54) is 12.0 Å². The van der Waals surface area contributed by atoms with Gasteiger partial charge in [-0.05, 0) is 50.5 Å². The predicted molar refractivity (Wildman–Crippen MR) is 101 cm³/mol. The second-order valence-corrected chi connectivity index (χ2v) is 8.51. The Morgan fingerprint density at radius 3 is 2.57 bits per heavy atom. The van der Waals surface area contributed by atoms with Gasteiger partial charge in [-0.3, -0.25) is 14.5 Å². The molecule has 6 atom stereocenters. The molecular weight excluding hydrogens is 362 g/mol. The topological polar surface area (TPSA) is 96.3 Å². The maximum atomic E-state index is 13.8. The van der Waals surface area contributed by atoms with Crippen molar-refractivity contribution in [3.63, 3.8) is 0 Å². The highest BCUT2D eigenvalue weighted by molar-refractivity contribution is 6.14. The summed E-state index contributed by atoms with van der Waals surface area (Å²) in [5.41, 5.74) is -1.68. The lowest BCUT2D eigenvalue weighted by molar-refractivity contribution is -0.174. The van der Waals surface area contributed by atoms with Gasteiger partial charge in [-0.25, -0.2) is 0 Å². The molecule has 4 rings (SSSR count). The highest BCUT2D eigenvalue weighted by Crippen LogP contribution is 2.70. The van der Waals surface area contributed by atoms with E-state index < -0.39 is 46.7 Å². The molecule has 0 aromatic heterocycles.